The lowest BCUT2D eigenvalue weighted by atomic mass is 10.1. The standard InChI is InChI=1S/C13H19FN2O2/c1-13(2,17-3)6-7-18-11-5-4-9(14)8-10(11)12(15)16/h4-5,8H,6-7H2,1-3H3,(H3,15,16). The van der Waals surface area contributed by atoms with Crippen molar-refractivity contribution in [2.24, 2.45) is 5.73 Å². The lowest BCUT2D eigenvalue weighted by molar-refractivity contribution is 0.00543. The molecule has 1 aromatic rings. The smallest absolute Gasteiger partial charge is 0.130 e. The van der Waals surface area contributed by atoms with Crippen LogP contribution in [0.4, 0.5) is 4.39 Å². The molecule has 3 N–H and O–H groups in total. The number of halogens is 1. The van der Waals surface area contributed by atoms with Crippen molar-refractivity contribution in [2.75, 3.05) is 13.7 Å². The van der Waals surface area contributed by atoms with E-state index >= 15 is 0 Å². The summed E-state index contributed by atoms with van der Waals surface area (Å²) in [4.78, 5) is 0. The zero-order chi connectivity index (χ0) is 13.8. The highest BCUT2D eigenvalue weighted by atomic mass is 19.1. The molecule has 0 radical (unpaired) electrons. The van der Waals surface area contributed by atoms with Gasteiger partial charge in [0, 0.05) is 13.5 Å². The van der Waals surface area contributed by atoms with E-state index in [0.717, 1.165) is 0 Å². The molecule has 0 saturated heterocycles. The van der Waals surface area contributed by atoms with Crippen LogP contribution in [0.2, 0.25) is 0 Å². The van der Waals surface area contributed by atoms with E-state index < -0.39 is 5.82 Å². The predicted molar refractivity (Wildman–Crippen MR) is 68.6 cm³/mol. The van der Waals surface area contributed by atoms with Gasteiger partial charge < -0.3 is 15.2 Å². The second-order valence-corrected chi connectivity index (χ2v) is 4.62. The van der Waals surface area contributed by atoms with Crippen LogP contribution in [-0.4, -0.2) is 25.2 Å². The van der Waals surface area contributed by atoms with Crippen LogP contribution in [0.15, 0.2) is 18.2 Å². The molecule has 1 aromatic carbocycles. The Balaban J connectivity index is 2.70. The van der Waals surface area contributed by atoms with Crippen LogP contribution in [0.1, 0.15) is 25.8 Å². The van der Waals surface area contributed by atoms with Crippen molar-refractivity contribution < 1.29 is 13.9 Å². The molecule has 5 heteroatoms. The first-order chi connectivity index (χ1) is 8.35. The normalized spacial score (nSPS) is 11.3. The van der Waals surface area contributed by atoms with Crippen LogP contribution in [0.3, 0.4) is 0 Å². The van der Waals surface area contributed by atoms with Crippen molar-refractivity contribution in [3.63, 3.8) is 0 Å². The average molecular weight is 254 g/mol. The number of nitrogens with two attached hydrogens (primary N) is 1. The molecule has 1 rings (SSSR count). The fraction of sp³-hybridized carbons (Fsp3) is 0.462. The molecule has 0 saturated carbocycles. The summed E-state index contributed by atoms with van der Waals surface area (Å²) in [5.41, 5.74) is 5.37. The topological polar surface area (TPSA) is 68.3 Å². The molecule has 0 aliphatic rings. The molecule has 0 bridgehead atoms. The van der Waals surface area contributed by atoms with E-state index in [1.165, 1.54) is 18.2 Å². The summed E-state index contributed by atoms with van der Waals surface area (Å²) < 4.78 is 23.8. The van der Waals surface area contributed by atoms with Crippen molar-refractivity contribution in [1.82, 2.24) is 0 Å². The third-order valence-electron chi connectivity index (χ3n) is 2.75. The van der Waals surface area contributed by atoms with E-state index in [1.54, 1.807) is 7.11 Å². The van der Waals surface area contributed by atoms with Gasteiger partial charge in [0.1, 0.15) is 17.4 Å². The minimum atomic E-state index is -0.440. The molecular formula is C13H19FN2O2. The monoisotopic (exact) mass is 254 g/mol. The number of nitrogen functional groups attached to an aromatic ring is 1. The number of methoxy groups -OCH3 is 1. The summed E-state index contributed by atoms with van der Waals surface area (Å²) in [5.74, 6) is -0.240. The van der Waals surface area contributed by atoms with Crippen molar-refractivity contribution in [2.45, 2.75) is 25.9 Å². The lowest BCUT2D eigenvalue weighted by Crippen LogP contribution is -2.25. The molecule has 18 heavy (non-hydrogen) atoms. The Morgan fingerprint density at radius 2 is 2.11 bits per heavy atom. The molecule has 0 aliphatic carbocycles. The maximum Gasteiger partial charge on any atom is 0.130 e. The molecule has 0 amide bonds. The van der Waals surface area contributed by atoms with Gasteiger partial charge in [0.2, 0.25) is 0 Å². The molecule has 100 valence electrons. The highest BCUT2D eigenvalue weighted by Crippen LogP contribution is 2.21. The number of amidine groups is 1. The molecular weight excluding hydrogens is 235 g/mol. The predicted octanol–water partition coefficient (Wildman–Crippen LogP) is 2.30. The van der Waals surface area contributed by atoms with Gasteiger partial charge in [-0.25, -0.2) is 4.39 Å². The lowest BCUT2D eigenvalue weighted by Gasteiger charge is -2.23. The van der Waals surface area contributed by atoms with E-state index in [9.17, 15) is 4.39 Å². The zero-order valence-electron chi connectivity index (χ0n) is 10.9. The Hall–Kier alpha value is -1.62. The number of hydrogen-bond acceptors (Lipinski definition) is 3. The van der Waals surface area contributed by atoms with Gasteiger partial charge in [-0.05, 0) is 32.0 Å². The van der Waals surface area contributed by atoms with Gasteiger partial charge in [-0.15, -0.1) is 0 Å². The van der Waals surface area contributed by atoms with Gasteiger partial charge in [-0.2, -0.15) is 0 Å². The van der Waals surface area contributed by atoms with E-state index in [0.29, 0.717) is 18.8 Å². The fourth-order valence-electron chi connectivity index (χ4n) is 1.35. The highest BCUT2D eigenvalue weighted by molar-refractivity contribution is 5.97. The number of rotatable bonds is 6. The minimum Gasteiger partial charge on any atom is -0.493 e. The van der Waals surface area contributed by atoms with Crippen molar-refractivity contribution in [1.29, 1.82) is 5.41 Å². The van der Waals surface area contributed by atoms with Crippen LogP contribution >= 0.6 is 0 Å². The minimum absolute atomic E-state index is 0.212. The van der Waals surface area contributed by atoms with E-state index in [1.807, 2.05) is 13.8 Å². The van der Waals surface area contributed by atoms with E-state index in [-0.39, 0.29) is 17.0 Å². The van der Waals surface area contributed by atoms with Gasteiger partial charge in [0.15, 0.2) is 0 Å². The van der Waals surface area contributed by atoms with Gasteiger partial charge in [-0.1, -0.05) is 0 Å². The van der Waals surface area contributed by atoms with Crippen LogP contribution in [-0.2, 0) is 4.74 Å². The first-order valence-corrected chi connectivity index (χ1v) is 5.67. The van der Waals surface area contributed by atoms with Crippen LogP contribution in [0, 0.1) is 11.2 Å². The molecule has 0 aliphatic heterocycles. The summed E-state index contributed by atoms with van der Waals surface area (Å²) in [6.07, 6.45) is 0.679. The van der Waals surface area contributed by atoms with Crippen molar-refractivity contribution in [3.8, 4) is 5.75 Å². The van der Waals surface area contributed by atoms with E-state index in [4.69, 9.17) is 20.6 Å². The van der Waals surface area contributed by atoms with Crippen LogP contribution in [0.25, 0.3) is 0 Å². The first-order valence-electron chi connectivity index (χ1n) is 5.67. The third kappa shape index (κ3) is 4.00. The maximum atomic E-state index is 13.0. The second kappa shape index (κ2) is 5.82. The molecule has 0 atom stereocenters. The van der Waals surface area contributed by atoms with Gasteiger partial charge in [0.25, 0.3) is 0 Å². The maximum absolute atomic E-state index is 13.0. The summed E-state index contributed by atoms with van der Waals surface area (Å²) >= 11 is 0. The van der Waals surface area contributed by atoms with Gasteiger partial charge in [-0.3, -0.25) is 5.41 Å². The molecule has 0 aromatic heterocycles. The Bertz CT molecular complexity index is 433. The molecule has 0 spiro atoms. The zero-order valence-corrected chi connectivity index (χ0v) is 10.9. The van der Waals surface area contributed by atoms with Crippen molar-refractivity contribution in [3.05, 3.63) is 29.6 Å². The molecule has 0 unspecified atom stereocenters. The molecule has 4 nitrogen and oxygen atoms in total. The summed E-state index contributed by atoms with van der Waals surface area (Å²) in [6, 6.07) is 3.95. The number of nitrogens with one attached hydrogen (secondary N) is 1. The summed E-state index contributed by atoms with van der Waals surface area (Å²) in [6.45, 7) is 4.31. The van der Waals surface area contributed by atoms with Crippen LogP contribution in [0.5, 0.6) is 5.75 Å². The highest BCUT2D eigenvalue weighted by Gasteiger charge is 2.17. The van der Waals surface area contributed by atoms with Gasteiger partial charge >= 0.3 is 0 Å². The Labute approximate surface area is 106 Å². The largest absolute Gasteiger partial charge is 0.493 e. The third-order valence-corrected chi connectivity index (χ3v) is 2.75. The first kappa shape index (κ1) is 14.4. The summed E-state index contributed by atoms with van der Waals surface area (Å²) in [7, 11) is 1.64. The van der Waals surface area contributed by atoms with E-state index in [2.05, 4.69) is 0 Å². The number of ether oxygens (including phenoxy) is 2. The van der Waals surface area contributed by atoms with Crippen molar-refractivity contribution >= 4 is 5.84 Å². The Kier molecular flexibility index (Phi) is 4.67. The average Bonchev–Trinajstić information content (AvgIpc) is 2.30. The Morgan fingerprint density at radius 1 is 1.44 bits per heavy atom. The fourth-order valence-corrected chi connectivity index (χ4v) is 1.35. The van der Waals surface area contributed by atoms with Crippen LogP contribution < -0.4 is 10.5 Å². The molecule has 0 heterocycles. The second-order valence-electron chi connectivity index (χ2n) is 4.62. The SMILES string of the molecule is COC(C)(C)CCOc1ccc(F)cc1C(=N)N. The number of hydrogen-bond donors (Lipinski definition) is 2. The number of benzene rings is 1. The quantitative estimate of drug-likeness (QED) is 0.604. The molecule has 0 fully saturated rings. The summed E-state index contributed by atoms with van der Waals surface area (Å²) in [5, 5.41) is 7.37. The Morgan fingerprint density at radius 3 is 2.67 bits per heavy atom. The van der Waals surface area contributed by atoms with Gasteiger partial charge in [0.05, 0.1) is 17.8 Å².